The number of nitrogens with zero attached hydrogens (tertiary/aromatic N) is 4. The van der Waals surface area contributed by atoms with Crippen LogP contribution in [0.3, 0.4) is 0 Å². The van der Waals surface area contributed by atoms with Gasteiger partial charge in [0.2, 0.25) is 5.95 Å². The number of methoxy groups -OCH3 is 2. The molecule has 328 valence electrons. The summed E-state index contributed by atoms with van der Waals surface area (Å²) in [7, 11) is 1.53. The number of carbonyl (C=O) groups is 1. The van der Waals surface area contributed by atoms with Crippen molar-refractivity contribution in [3.05, 3.63) is 112 Å². The van der Waals surface area contributed by atoms with Crippen LogP contribution in [0.4, 0.5) is 5.95 Å². The Balaban J connectivity index is 1.36. The van der Waals surface area contributed by atoms with Gasteiger partial charge in [-0.1, -0.05) is 54.6 Å². The zero-order valence-corrected chi connectivity index (χ0v) is 37.3. The lowest BCUT2D eigenvalue weighted by molar-refractivity contribution is -0.201. The van der Waals surface area contributed by atoms with E-state index in [0.717, 1.165) is 16.7 Å². The average molecular weight is 867 g/mol. The molecule has 2 aliphatic rings. The molecule has 15 nitrogen and oxygen atoms in total. The molecule has 0 spiro atoms. The van der Waals surface area contributed by atoms with Crippen molar-refractivity contribution < 1.29 is 37.7 Å². The Labute approximate surface area is 363 Å². The highest BCUT2D eigenvalue weighted by atomic mass is 31.2. The number of fused-ring (bicyclic) bond motifs is 3. The fraction of sp³-hybridized carbons (Fsp3) is 0.435. The van der Waals surface area contributed by atoms with Crippen LogP contribution in [-0.4, -0.2) is 99.2 Å². The van der Waals surface area contributed by atoms with Gasteiger partial charge in [0.05, 0.1) is 33.8 Å². The number of terminal acetylenes is 1. The summed E-state index contributed by atoms with van der Waals surface area (Å²) in [6.07, 6.45) is 4.81. The molecule has 2 unspecified atom stereocenters. The Bertz CT molecular complexity index is 2380. The van der Waals surface area contributed by atoms with E-state index in [1.165, 1.54) is 6.33 Å². The molecule has 2 bridgehead atoms. The zero-order chi connectivity index (χ0) is 44.4. The van der Waals surface area contributed by atoms with Gasteiger partial charge >= 0.3 is 5.97 Å². The molecular formula is C46H55N6O9P. The number of imidazole rings is 1. The Morgan fingerprint density at radius 1 is 1.00 bits per heavy atom. The standard InChI is InChI=1S/C46H55N6O9P/c1-10-24-44(6,7)59-36(53)25-62(52(29(2)3)30(4)5)61-39-38-42(51-28-48-37-40(51)49-43(47)50-41(37)54)60-45(39,26-57-38)27-58-46(31-14-12-11-13-15-31,32-16-20-34(55-8)21-17-32)33-18-22-35(56-9)23-19-33/h1,11-23,28-30,38-39,42H,24-27H2,2-9H3,(H3,47,49,50,54)/t38-,39?,42+,45+,62?/m0/s1. The summed E-state index contributed by atoms with van der Waals surface area (Å²) in [6, 6.07) is 25.4. The van der Waals surface area contributed by atoms with Crippen LogP contribution in [0.15, 0.2) is 90.0 Å². The number of nitrogen functional groups attached to an aromatic ring is 1. The quantitative estimate of drug-likeness (QED) is 0.0420. The van der Waals surface area contributed by atoms with Gasteiger partial charge in [-0.3, -0.25) is 23.8 Å². The van der Waals surface area contributed by atoms with E-state index in [9.17, 15) is 9.59 Å². The van der Waals surface area contributed by atoms with Crippen LogP contribution in [0.1, 0.15) is 70.9 Å². The van der Waals surface area contributed by atoms with Gasteiger partial charge in [-0.05, 0) is 82.5 Å². The topological polar surface area (TPSA) is 175 Å². The van der Waals surface area contributed by atoms with Gasteiger partial charge in [0.15, 0.2) is 17.4 Å². The van der Waals surface area contributed by atoms with Crippen molar-refractivity contribution in [3.63, 3.8) is 0 Å². The number of H-pyrrole nitrogens is 1. The molecule has 5 atom stereocenters. The maximum absolute atomic E-state index is 13.9. The normalized spacial score (nSPS) is 20.5. The smallest absolute Gasteiger partial charge is 0.314 e. The van der Waals surface area contributed by atoms with E-state index in [1.54, 1.807) is 32.6 Å². The van der Waals surface area contributed by atoms with Crippen LogP contribution < -0.4 is 20.8 Å². The van der Waals surface area contributed by atoms with Crippen LogP contribution in [0.2, 0.25) is 0 Å². The summed E-state index contributed by atoms with van der Waals surface area (Å²) in [6.45, 7) is 11.8. The fourth-order valence-corrected chi connectivity index (χ4v) is 10.7. The van der Waals surface area contributed by atoms with Crippen LogP contribution in [-0.2, 0) is 33.9 Å². The fourth-order valence-electron chi connectivity index (χ4n) is 8.46. The number of nitrogens with two attached hydrogens (primary N) is 1. The number of rotatable bonds is 18. The number of esters is 1. The average Bonchev–Trinajstić information content (AvgIpc) is 3.91. The summed E-state index contributed by atoms with van der Waals surface area (Å²) in [5.41, 5.74) is 4.94. The Morgan fingerprint density at radius 2 is 1.60 bits per heavy atom. The molecule has 2 aliphatic heterocycles. The van der Waals surface area contributed by atoms with Crippen molar-refractivity contribution in [2.45, 2.75) is 95.3 Å². The first-order valence-electron chi connectivity index (χ1n) is 20.5. The third kappa shape index (κ3) is 8.68. The lowest BCUT2D eigenvalue weighted by Crippen LogP contribution is -2.49. The van der Waals surface area contributed by atoms with E-state index in [4.69, 9.17) is 45.1 Å². The van der Waals surface area contributed by atoms with Gasteiger partial charge < -0.3 is 38.7 Å². The molecule has 62 heavy (non-hydrogen) atoms. The Hall–Kier alpha value is -5.33. The summed E-state index contributed by atoms with van der Waals surface area (Å²) in [4.78, 5) is 38.2. The minimum Gasteiger partial charge on any atom is -0.497 e. The summed E-state index contributed by atoms with van der Waals surface area (Å²) >= 11 is 0. The predicted molar refractivity (Wildman–Crippen MR) is 236 cm³/mol. The van der Waals surface area contributed by atoms with Crippen molar-refractivity contribution in [1.29, 1.82) is 0 Å². The van der Waals surface area contributed by atoms with Crippen molar-refractivity contribution in [2.24, 2.45) is 0 Å². The number of aromatic nitrogens is 4. The molecule has 16 heteroatoms. The number of nitrogens with one attached hydrogen (secondary N) is 1. The number of benzene rings is 3. The van der Waals surface area contributed by atoms with Gasteiger partial charge in [-0.15, -0.1) is 12.3 Å². The molecule has 4 heterocycles. The second-order valence-corrected chi connectivity index (χ2v) is 18.3. The van der Waals surface area contributed by atoms with Gasteiger partial charge in [0, 0.05) is 18.5 Å². The first kappa shape index (κ1) is 44.7. The van der Waals surface area contributed by atoms with E-state index in [0.29, 0.717) is 11.5 Å². The van der Waals surface area contributed by atoms with Crippen molar-refractivity contribution in [2.75, 3.05) is 39.3 Å². The third-order valence-corrected chi connectivity index (χ3v) is 13.6. The summed E-state index contributed by atoms with van der Waals surface area (Å²) < 4.78 is 49.5. The maximum Gasteiger partial charge on any atom is 0.314 e. The van der Waals surface area contributed by atoms with Crippen molar-refractivity contribution in [1.82, 2.24) is 24.2 Å². The molecule has 7 rings (SSSR count). The number of anilines is 1. The third-order valence-electron chi connectivity index (χ3n) is 11.1. The largest absolute Gasteiger partial charge is 0.497 e. The number of ether oxygens (including phenoxy) is 6. The highest BCUT2D eigenvalue weighted by molar-refractivity contribution is 7.51. The van der Waals surface area contributed by atoms with Gasteiger partial charge in [-0.25, -0.2) is 4.98 Å². The zero-order valence-electron chi connectivity index (χ0n) is 36.4. The molecule has 3 aromatic carbocycles. The molecule has 2 saturated heterocycles. The minimum atomic E-state index is -1.72. The number of carbonyl (C=O) groups excluding carboxylic acids is 1. The SMILES string of the molecule is C#CCC(C)(C)OC(=O)CP(OC1[C@@H]2OC[C@]1(COC(c1ccccc1)(c1ccc(OC)cc1)c1ccc(OC)cc1)O[C@H]2n1cnc2c(=O)[nH]c(N)nc21)N(C(C)C)C(C)C. The van der Waals surface area contributed by atoms with E-state index < -0.39 is 55.1 Å². The van der Waals surface area contributed by atoms with E-state index >= 15 is 0 Å². The number of aromatic amines is 1. The van der Waals surface area contributed by atoms with Crippen LogP contribution in [0.5, 0.6) is 11.5 Å². The van der Waals surface area contributed by atoms with Crippen LogP contribution in [0.25, 0.3) is 11.2 Å². The first-order valence-corrected chi connectivity index (χ1v) is 21.9. The van der Waals surface area contributed by atoms with Crippen LogP contribution >= 0.6 is 8.30 Å². The second-order valence-electron chi connectivity index (χ2n) is 16.6. The maximum atomic E-state index is 13.9. The highest BCUT2D eigenvalue weighted by Gasteiger charge is 2.65. The second kappa shape index (κ2) is 18.2. The highest BCUT2D eigenvalue weighted by Crippen LogP contribution is 2.56. The molecule has 0 radical (unpaired) electrons. The minimum absolute atomic E-state index is 0.0242. The first-order chi connectivity index (χ1) is 29.6. The monoisotopic (exact) mass is 866 g/mol. The molecule has 3 N–H and O–H groups in total. The lowest BCUT2D eigenvalue weighted by atomic mass is 9.79. The molecule has 0 amide bonds. The molecule has 2 fully saturated rings. The predicted octanol–water partition coefficient (Wildman–Crippen LogP) is 6.56. The van der Waals surface area contributed by atoms with Crippen LogP contribution in [0, 0.1) is 12.3 Å². The van der Waals surface area contributed by atoms with Gasteiger partial charge in [0.1, 0.15) is 55.0 Å². The molecule has 0 aliphatic carbocycles. The molecule has 5 aromatic rings. The van der Waals surface area contributed by atoms with Gasteiger partial charge in [-0.2, -0.15) is 4.98 Å². The molecule has 2 aromatic heterocycles. The lowest BCUT2D eigenvalue weighted by Gasteiger charge is -2.42. The van der Waals surface area contributed by atoms with Gasteiger partial charge in [0.25, 0.3) is 5.56 Å². The Morgan fingerprint density at radius 3 is 2.16 bits per heavy atom. The number of hydrogen-bond acceptors (Lipinski definition) is 13. The van der Waals surface area contributed by atoms with E-state index in [2.05, 4.69) is 53.2 Å². The Kier molecular flexibility index (Phi) is 13.1. The summed E-state index contributed by atoms with van der Waals surface area (Å²) in [5.74, 6) is 3.44. The van der Waals surface area contributed by atoms with Crippen molar-refractivity contribution in [3.8, 4) is 23.8 Å². The number of hydrogen-bond donors (Lipinski definition) is 2. The van der Waals surface area contributed by atoms with Crippen molar-refractivity contribution >= 4 is 31.4 Å². The summed E-state index contributed by atoms with van der Waals surface area (Å²) in [5, 5.41) is 0. The molecular weight excluding hydrogens is 812 g/mol. The molecule has 0 saturated carbocycles. The van der Waals surface area contributed by atoms with E-state index in [1.807, 2.05) is 78.9 Å². The van der Waals surface area contributed by atoms with E-state index in [-0.39, 0.29) is 55.0 Å².